The zero-order valence-electron chi connectivity index (χ0n) is 28.7. The number of hydrogen-bond acceptors (Lipinski definition) is 3. The molecule has 9 aromatic carbocycles. The van der Waals surface area contributed by atoms with Gasteiger partial charge in [-0.25, -0.2) is 0 Å². The number of benzene rings is 9. The number of furan rings is 2. The van der Waals surface area contributed by atoms with Gasteiger partial charge in [0.2, 0.25) is 0 Å². The number of para-hydroxylation sites is 4. The normalized spacial score (nSPS) is 11.8. The van der Waals surface area contributed by atoms with Gasteiger partial charge in [-0.15, -0.1) is 0 Å². The van der Waals surface area contributed by atoms with Crippen molar-refractivity contribution in [1.29, 1.82) is 0 Å². The first kappa shape index (κ1) is 29.6. The van der Waals surface area contributed by atoms with Gasteiger partial charge in [-0.3, -0.25) is 0 Å². The molecule has 0 bridgehead atoms. The van der Waals surface area contributed by atoms with Gasteiger partial charge in [0.25, 0.3) is 0 Å². The fourth-order valence-electron chi connectivity index (χ4n) is 8.22. The lowest BCUT2D eigenvalue weighted by atomic mass is 9.94. The average molecular weight is 678 g/mol. The number of rotatable bonds is 5. The first-order chi connectivity index (χ1) is 26.3. The SMILES string of the molecule is c1ccc(N(c2ccc(-c3cccc4c3oc3ccccc34)cc2)c2ccc(-c3ccc4c(ccc5oc6ccccc6c54)c3)c3ccccc23)cc1. The van der Waals surface area contributed by atoms with Crippen LogP contribution in [0, 0.1) is 0 Å². The number of hydrogen-bond donors (Lipinski definition) is 0. The summed E-state index contributed by atoms with van der Waals surface area (Å²) in [6, 6.07) is 66.8. The summed E-state index contributed by atoms with van der Waals surface area (Å²) >= 11 is 0. The Morgan fingerprint density at radius 2 is 1.00 bits per heavy atom. The fraction of sp³-hybridized carbons (Fsp3) is 0. The van der Waals surface area contributed by atoms with E-state index in [0.29, 0.717) is 0 Å². The summed E-state index contributed by atoms with van der Waals surface area (Å²) in [4.78, 5) is 2.36. The molecule has 3 nitrogen and oxygen atoms in total. The van der Waals surface area contributed by atoms with Crippen molar-refractivity contribution in [3.05, 3.63) is 188 Å². The lowest BCUT2D eigenvalue weighted by Crippen LogP contribution is -2.10. The molecule has 3 heteroatoms. The zero-order chi connectivity index (χ0) is 34.9. The maximum Gasteiger partial charge on any atom is 0.143 e. The molecule has 0 aliphatic rings. The second-order valence-corrected chi connectivity index (χ2v) is 13.6. The van der Waals surface area contributed by atoms with Crippen molar-refractivity contribution in [1.82, 2.24) is 0 Å². The highest BCUT2D eigenvalue weighted by atomic mass is 16.3. The number of anilines is 3. The highest BCUT2D eigenvalue weighted by molar-refractivity contribution is 6.19. The molecule has 0 fully saturated rings. The molecular formula is C50H31NO2. The summed E-state index contributed by atoms with van der Waals surface area (Å²) in [5.41, 5.74) is 11.5. The Bertz CT molecular complexity index is 3170. The van der Waals surface area contributed by atoms with E-state index in [9.17, 15) is 0 Å². The molecule has 53 heavy (non-hydrogen) atoms. The van der Waals surface area contributed by atoms with Crippen LogP contribution in [-0.2, 0) is 0 Å². The Balaban J connectivity index is 1.04. The van der Waals surface area contributed by atoms with E-state index in [0.717, 1.165) is 66.7 Å². The van der Waals surface area contributed by atoms with E-state index in [1.807, 2.05) is 24.3 Å². The molecule has 0 amide bonds. The molecule has 0 radical (unpaired) electrons. The average Bonchev–Trinajstić information content (AvgIpc) is 3.80. The standard InChI is InChI=1S/C50H31NO2/c1-2-11-35(12-3-1)51(36-25-21-32(22-26-36)39-17-10-18-43-42-15-6-8-19-46(42)53-50(39)43)45-29-28-37(40-13-4-5-14-41(40)45)33-23-27-38-34(31-33)24-30-48-49(38)44-16-7-9-20-47(44)52-48/h1-31H. The van der Waals surface area contributed by atoms with Gasteiger partial charge in [0, 0.05) is 43.9 Å². The Kier molecular flexibility index (Phi) is 6.55. The largest absolute Gasteiger partial charge is 0.456 e. The minimum absolute atomic E-state index is 0.907. The van der Waals surface area contributed by atoms with Crippen molar-refractivity contribution in [2.24, 2.45) is 0 Å². The molecule has 0 unspecified atom stereocenters. The molecule has 0 saturated heterocycles. The van der Waals surface area contributed by atoms with Crippen molar-refractivity contribution in [2.45, 2.75) is 0 Å². The van der Waals surface area contributed by atoms with E-state index < -0.39 is 0 Å². The molecule has 0 saturated carbocycles. The van der Waals surface area contributed by atoms with Gasteiger partial charge in [0.1, 0.15) is 22.3 Å². The summed E-state index contributed by atoms with van der Waals surface area (Å²) in [6.07, 6.45) is 0. The predicted octanol–water partition coefficient (Wildman–Crippen LogP) is 14.6. The molecule has 0 N–H and O–H groups in total. The molecule has 0 aliphatic heterocycles. The molecule has 11 rings (SSSR count). The van der Waals surface area contributed by atoms with Crippen molar-refractivity contribution in [2.75, 3.05) is 4.90 Å². The third-order valence-corrected chi connectivity index (χ3v) is 10.7. The molecular weight excluding hydrogens is 647 g/mol. The predicted molar refractivity (Wildman–Crippen MR) is 222 cm³/mol. The highest BCUT2D eigenvalue weighted by Crippen LogP contribution is 2.44. The third kappa shape index (κ3) is 4.68. The van der Waals surface area contributed by atoms with Crippen LogP contribution >= 0.6 is 0 Å². The second-order valence-electron chi connectivity index (χ2n) is 13.6. The topological polar surface area (TPSA) is 29.5 Å². The van der Waals surface area contributed by atoms with Gasteiger partial charge >= 0.3 is 0 Å². The number of fused-ring (bicyclic) bond motifs is 9. The van der Waals surface area contributed by atoms with E-state index in [-0.39, 0.29) is 0 Å². The first-order valence-electron chi connectivity index (χ1n) is 18.0. The van der Waals surface area contributed by atoms with Crippen LogP contribution in [0.15, 0.2) is 197 Å². The first-order valence-corrected chi connectivity index (χ1v) is 18.0. The highest BCUT2D eigenvalue weighted by Gasteiger charge is 2.19. The molecule has 0 spiro atoms. The summed E-state index contributed by atoms with van der Waals surface area (Å²) < 4.78 is 12.6. The monoisotopic (exact) mass is 677 g/mol. The number of nitrogens with zero attached hydrogens (tertiary/aromatic N) is 1. The summed E-state index contributed by atoms with van der Waals surface area (Å²) in [7, 11) is 0. The van der Waals surface area contributed by atoms with Crippen molar-refractivity contribution in [3.8, 4) is 22.3 Å². The van der Waals surface area contributed by atoms with Crippen LogP contribution in [-0.4, -0.2) is 0 Å². The summed E-state index contributed by atoms with van der Waals surface area (Å²) in [6.45, 7) is 0. The summed E-state index contributed by atoms with van der Waals surface area (Å²) in [5.74, 6) is 0. The van der Waals surface area contributed by atoms with Gasteiger partial charge in [0.05, 0.1) is 5.69 Å². The fourth-order valence-corrected chi connectivity index (χ4v) is 8.22. The van der Waals surface area contributed by atoms with E-state index in [2.05, 4.69) is 169 Å². The molecule has 0 atom stereocenters. The Labute approximate surface area is 305 Å². The summed E-state index contributed by atoms with van der Waals surface area (Å²) in [5, 5.41) is 9.37. The van der Waals surface area contributed by atoms with Crippen LogP contribution < -0.4 is 4.90 Å². The maximum absolute atomic E-state index is 6.39. The van der Waals surface area contributed by atoms with Gasteiger partial charge < -0.3 is 13.7 Å². The smallest absolute Gasteiger partial charge is 0.143 e. The van der Waals surface area contributed by atoms with Gasteiger partial charge in [-0.1, -0.05) is 133 Å². The quantitative estimate of drug-likeness (QED) is 0.182. The van der Waals surface area contributed by atoms with Crippen LogP contribution in [0.2, 0.25) is 0 Å². The molecule has 2 aromatic heterocycles. The Morgan fingerprint density at radius 1 is 0.340 bits per heavy atom. The van der Waals surface area contributed by atoms with Crippen molar-refractivity contribution < 1.29 is 8.83 Å². The lowest BCUT2D eigenvalue weighted by molar-refractivity contribution is 0.669. The molecule has 248 valence electrons. The maximum atomic E-state index is 6.39. The van der Waals surface area contributed by atoms with Crippen LogP contribution in [0.25, 0.3) is 87.7 Å². The molecule has 2 heterocycles. The van der Waals surface area contributed by atoms with Gasteiger partial charge in [0.15, 0.2) is 0 Å². The van der Waals surface area contributed by atoms with Gasteiger partial charge in [-0.05, 0) is 87.4 Å². The zero-order valence-corrected chi connectivity index (χ0v) is 28.7. The van der Waals surface area contributed by atoms with Crippen LogP contribution in [0.1, 0.15) is 0 Å². The van der Waals surface area contributed by atoms with E-state index in [1.54, 1.807) is 0 Å². The van der Waals surface area contributed by atoms with E-state index >= 15 is 0 Å². The molecule has 11 aromatic rings. The third-order valence-electron chi connectivity index (χ3n) is 10.7. The van der Waals surface area contributed by atoms with Gasteiger partial charge in [-0.2, -0.15) is 0 Å². The minimum Gasteiger partial charge on any atom is -0.456 e. The lowest BCUT2D eigenvalue weighted by Gasteiger charge is -2.27. The minimum atomic E-state index is 0.907. The molecule has 0 aliphatic carbocycles. The van der Waals surface area contributed by atoms with Crippen molar-refractivity contribution in [3.63, 3.8) is 0 Å². The second kappa shape index (κ2) is 11.7. The Hall–Kier alpha value is -7.10. The van der Waals surface area contributed by atoms with Crippen LogP contribution in [0.5, 0.6) is 0 Å². The van der Waals surface area contributed by atoms with E-state index in [4.69, 9.17) is 8.83 Å². The van der Waals surface area contributed by atoms with Crippen molar-refractivity contribution >= 4 is 82.5 Å². The Morgan fingerprint density at radius 3 is 1.83 bits per heavy atom. The van der Waals surface area contributed by atoms with Crippen LogP contribution in [0.4, 0.5) is 17.1 Å². The van der Waals surface area contributed by atoms with E-state index in [1.165, 1.54) is 38.1 Å². The van der Waals surface area contributed by atoms with Crippen LogP contribution in [0.3, 0.4) is 0 Å².